The third-order valence-electron chi connectivity index (χ3n) is 3.58. The second-order valence-electron chi connectivity index (χ2n) is 5.19. The van der Waals surface area contributed by atoms with Gasteiger partial charge in [0.25, 0.3) is 5.56 Å². The van der Waals surface area contributed by atoms with Crippen LogP contribution in [-0.2, 0) is 6.54 Å². The summed E-state index contributed by atoms with van der Waals surface area (Å²) in [7, 11) is 0. The number of hydrogen-bond donors (Lipinski definition) is 0. The number of alkyl halides is 2. The van der Waals surface area contributed by atoms with E-state index in [-0.39, 0.29) is 22.8 Å². The van der Waals surface area contributed by atoms with E-state index in [0.717, 1.165) is 0 Å². The van der Waals surface area contributed by atoms with Crippen molar-refractivity contribution < 1.29 is 18.3 Å². The van der Waals surface area contributed by atoms with Crippen molar-refractivity contribution in [1.29, 1.82) is 0 Å². The third-order valence-corrected chi connectivity index (χ3v) is 5.45. The lowest BCUT2D eigenvalue weighted by Crippen LogP contribution is -2.22. The van der Waals surface area contributed by atoms with Crippen LogP contribution in [0.4, 0.5) is 8.78 Å². The van der Waals surface area contributed by atoms with Crippen molar-refractivity contribution in [2.75, 3.05) is 5.75 Å². The molecule has 0 fully saturated rings. The fraction of sp³-hybridized carbons (Fsp3) is 0.235. The van der Waals surface area contributed by atoms with Gasteiger partial charge in [0.1, 0.15) is 10.4 Å². The smallest absolute Gasteiger partial charge is 0.387 e. The van der Waals surface area contributed by atoms with E-state index >= 15 is 0 Å². The Labute approximate surface area is 155 Å². The minimum Gasteiger partial charge on any atom is -0.435 e. The van der Waals surface area contributed by atoms with Crippen LogP contribution in [0.3, 0.4) is 0 Å². The van der Waals surface area contributed by atoms with Crippen LogP contribution in [0, 0.1) is 0 Å². The molecule has 0 radical (unpaired) electrons. The number of rotatable bonds is 7. The van der Waals surface area contributed by atoms with Gasteiger partial charge < -0.3 is 4.74 Å². The van der Waals surface area contributed by atoms with E-state index < -0.39 is 6.61 Å². The van der Waals surface area contributed by atoms with E-state index in [1.165, 1.54) is 51.9 Å². The number of aromatic nitrogens is 2. The number of nitrogens with zero attached hydrogens (tertiary/aromatic N) is 2. The standard InChI is InChI=1S/C17H14F2N2O3S2/c1-2-21-15(23)14-12(7-8-25-14)20-17(21)26-9-13(22)10-3-5-11(6-4-10)24-16(18)19/h3-8,16H,2,9H2,1H3. The van der Waals surface area contributed by atoms with Gasteiger partial charge in [0.05, 0.1) is 11.3 Å². The van der Waals surface area contributed by atoms with Gasteiger partial charge in [-0.2, -0.15) is 8.78 Å². The van der Waals surface area contributed by atoms with Crippen molar-refractivity contribution in [2.45, 2.75) is 25.2 Å². The summed E-state index contributed by atoms with van der Waals surface area (Å²) in [6.45, 7) is -0.609. The molecule has 9 heteroatoms. The maximum absolute atomic E-state index is 12.4. The summed E-state index contributed by atoms with van der Waals surface area (Å²) in [6, 6.07) is 7.28. The van der Waals surface area contributed by atoms with Gasteiger partial charge in [-0.25, -0.2) is 4.98 Å². The quantitative estimate of drug-likeness (QED) is 0.342. The first-order valence-electron chi connectivity index (χ1n) is 7.68. The number of Topliss-reactive ketones (excluding diaryl/α,β-unsaturated/α-hetero) is 1. The maximum Gasteiger partial charge on any atom is 0.387 e. The zero-order valence-electron chi connectivity index (χ0n) is 13.6. The first-order valence-corrected chi connectivity index (χ1v) is 9.55. The second kappa shape index (κ2) is 7.96. The number of carbonyl (C=O) groups is 1. The van der Waals surface area contributed by atoms with Crippen molar-refractivity contribution in [1.82, 2.24) is 9.55 Å². The van der Waals surface area contributed by atoms with Crippen LogP contribution in [-0.4, -0.2) is 27.7 Å². The van der Waals surface area contributed by atoms with Crippen molar-refractivity contribution >= 4 is 39.1 Å². The Kier molecular flexibility index (Phi) is 5.67. The van der Waals surface area contributed by atoms with Gasteiger partial charge in [-0.05, 0) is 42.6 Å². The summed E-state index contributed by atoms with van der Waals surface area (Å²) in [6.07, 6.45) is 0. The van der Waals surface area contributed by atoms with Crippen molar-refractivity contribution in [2.24, 2.45) is 0 Å². The van der Waals surface area contributed by atoms with Gasteiger partial charge in [-0.15, -0.1) is 11.3 Å². The molecule has 136 valence electrons. The Morgan fingerprint density at radius 2 is 2.04 bits per heavy atom. The monoisotopic (exact) mass is 396 g/mol. The molecule has 0 saturated heterocycles. The van der Waals surface area contributed by atoms with Crippen molar-refractivity contribution in [3.8, 4) is 5.75 Å². The van der Waals surface area contributed by atoms with E-state index in [9.17, 15) is 18.4 Å². The number of ether oxygens (including phenoxy) is 1. The van der Waals surface area contributed by atoms with E-state index in [0.29, 0.717) is 27.5 Å². The summed E-state index contributed by atoms with van der Waals surface area (Å²) >= 11 is 2.52. The first-order chi connectivity index (χ1) is 12.5. The van der Waals surface area contributed by atoms with Crippen LogP contribution in [0.25, 0.3) is 10.2 Å². The van der Waals surface area contributed by atoms with Crippen molar-refractivity contribution in [3.63, 3.8) is 0 Å². The molecule has 0 N–H and O–H groups in total. The molecule has 26 heavy (non-hydrogen) atoms. The van der Waals surface area contributed by atoms with Gasteiger partial charge in [-0.3, -0.25) is 14.2 Å². The molecule has 0 bridgehead atoms. The second-order valence-corrected chi connectivity index (χ2v) is 7.05. The Bertz CT molecular complexity index is 984. The molecular weight excluding hydrogens is 382 g/mol. The number of ketones is 1. The van der Waals surface area contributed by atoms with Crippen LogP contribution in [0.5, 0.6) is 5.75 Å². The predicted octanol–water partition coefficient (Wildman–Crippen LogP) is 4.05. The SMILES string of the molecule is CCn1c(SCC(=O)c2ccc(OC(F)F)cc2)nc2ccsc2c1=O. The van der Waals surface area contributed by atoms with Gasteiger partial charge in [0.15, 0.2) is 10.9 Å². The van der Waals surface area contributed by atoms with Gasteiger partial charge in [0.2, 0.25) is 0 Å². The highest BCUT2D eigenvalue weighted by atomic mass is 32.2. The van der Waals surface area contributed by atoms with Crippen LogP contribution in [0.15, 0.2) is 45.7 Å². The molecule has 2 aromatic heterocycles. The molecular formula is C17H14F2N2O3S2. The minimum atomic E-state index is -2.91. The summed E-state index contributed by atoms with van der Waals surface area (Å²) < 4.78 is 30.7. The average molecular weight is 396 g/mol. The summed E-state index contributed by atoms with van der Waals surface area (Å²) in [5.74, 6) is -0.119. The van der Waals surface area contributed by atoms with Crippen LogP contribution in [0.2, 0.25) is 0 Å². The molecule has 0 amide bonds. The Morgan fingerprint density at radius 3 is 2.69 bits per heavy atom. The van der Waals surface area contributed by atoms with Gasteiger partial charge >= 0.3 is 6.61 Å². The minimum absolute atomic E-state index is 0.00593. The lowest BCUT2D eigenvalue weighted by atomic mass is 10.1. The topological polar surface area (TPSA) is 61.2 Å². The molecule has 3 aromatic rings. The van der Waals surface area contributed by atoms with Crippen LogP contribution >= 0.6 is 23.1 Å². The first kappa shape index (κ1) is 18.5. The highest BCUT2D eigenvalue weighted by molar-refractivity contribution is 7.99. The summed E-state index contributed by atoms with van der Waals surface area (Å²) in [5, 5.41) is 2.29. The number of thioether (sulfide) groups is 1. The fourth-order valence-electron chi connectivity index (χ4n) is 2.35. The van der Waals surface area contributed by atoms with E-state index in [2.05, 4.69) is 9.72 Å². The molecule has 0 aliphatic rings. The molecule has 0 spiro atoms. The van der Waals surface area contributed by atoms with Crippen LogP contribution in [0.1, 0.15) is 17.3 Å². The Morgan fingerprint density at radius 1 is 1.31 bits per heavy atom. The molecule has 0 atom stereocenters. The Hall–Kier alpha value is -2.26. The number of carbonyl (C=O) groups excluding carboxylic acids is 1. The normalized spacial score (nSPS) is 11.2. The van der Waals surface area contributed by atoms with E-state index in [1.54, 1.807) is 6.07 Å². The molecule has 2 heterocycles. The van der Waals surface area contributed by atoms with Gasteiger partial charge in [0, 0.05) is 12.1 Å². The molecule has 0 aliphatic heterocycles. The maximum atomic E-state index is 12.4. The number of benzene rings is 1. The summed E-state index contributed by atoms with van der Waals surface area (Å²) in [5.41, 5.74) is 0.880. The number of thiophene rings is 1. The number of hydrogen-bond acceptors (Lipinski definition) is 6. The highest BCUT2D eigenvalue weighted by Gasteiger charge is 2.14. The lowest BCUT2D eigenvalue weighted by Gasteiger charge is -2.09. The zero-order chi connectivity index (χ0) is 18.7. The summed E-state index contributed by atoms with van der Waals surface area (Å²) in [4.78, 5) is 29.2. The number of fused-ring (bicyclic) bond motifs is 1. The molecule has 1 aromatic carbocycles. The Balaban J connectivity index is 1.75. The van der Waals surface area contributed by atoms with E-state index in [4.69, 9.17) is 0 Å². The number of halogens is 2. The van der Waals surface area contributed by atoms with E-state index in [1.807, 2.05) is 12.3 Å². The largest absolute Gasteiger partial charge is 0.435 e. The molecule has 5 nitrogen and oxygen atoms in total. The molecule has 3 rings (SSSR count). The van der Waals surface area contributed by atoms with Crippen molar-refractivity contribution in [3.05, 3.63) is 51.6 Å². The predicted molar refractivity (Wildman–Crippen MR) is 97.7 cm³/mol. The average Bonchev–Trinajstić information content (AvgIpc) is 3.09. The highest BCUT2D eigenvalue weighted by Crippen LogP contribution is 2.22. The lowest BCUT2D eigenvalue weighted by molar-refractivity contribution is -0.0498. The molecule has 0 unspecified atom stereocenters. The molecule has 0 aliphatic carbocycles. The fourth-order valence-corrected chi connectivity index (χ4v) is 4.08. The zero-order valence-corrected chi connectivity index (χ0v) is 15.3. The van der Waals surface area contributed by atoms with Gasteiger partial charge in [-0.1, -0.05) is 11.8 Å². The molecule has 0 saturated carbocycles. The third kappa shape index (κ3) is 3.94. The van der Waals surface area contributed by atoms with Crippen LogP contribution < -0.4 is 10.3 Å².